The van der Waals surface area contributed by atoms with Crippen LogP contribution < -0.4 is 0 Å². The second-order valence-electron chi connectivity index (χ2n) is 6.61. The smallest absolute Gasteiger partial charge is 0.180 e. The molecule has 3 heterocycles. The maximum atomic E-state index is 4.29. The Morgan fingerprint density at radius 3 is 1.81 bits per heavy atom. The third-order valence-corrected chi connectivity index (χ3v) is 4.95. The topological polar surface area (TPSA) is 88.1 Å². The van der Waals surface area contributed by atoms with Gasteiger partial charge in [0.05, 0.1) is 0 Å². The fourth-order valence-electron chi connectivity index (χ4n) is 3.63. The molecule has 0 radical (unpaired) electrons. The van der Waals surface area contributed by atoms with Gasteiger partial charge in [-0.05, 0) is 18.6 Å². The van der Waals surface area contributed by atoms with Crippen molar-refractivity contribution in [1.29, 1.82) is 0 Å². The van der Waals surface area contributed by atoms with Gasteiger partial charge >= 0.3 is 0 Å². The third kappa shape index (κ3) is 2.59. The molecule has 5 aromatic rings. The highest BCUT2D eigenvalue weighted by Gasteiger charge is 2.14. The van der Waals surface area contributed by atoms with Crippen LogP contribution in [-0.2, 0) is 6.54 Å². The number of unbranched alkanes of at least 4 members (excludes halogenated alkanes) is 1. The summed E-state index contributed by atoms with van der Waals surface area (Å²) in [5.74, 6) is 1.43. The molecule has 2 N–H and O–H groups in total. The summed E-state index contributed by atoms with van der Waals surface area (Å²) in [4.78, 5) is 8.58. The Hall–Kier alpha value is -3.48. The number of nitrogens with one attached hydrogen (secondary N) is 2. The predicted octanol–water partition coefficient (Wildman–Crippen LogP) is 4.16. The van der Waals surface area contributed by atoms with E-state index in [1.165, 1.54) is 21.8 Å². The van der Waals surface area contributed by atoms with Gasteiger partial charge in [0, 0.05) is 39.5 Å². The van der Waals surface area contributed by atoms with Crippen LogP contribution in [0.15, 0.2) is 49.1 Å². The van der Waals surface area contributed by atoms with Gasteiger partial charge in [-0.3, -0.25) is 10.2 Å². The maximum Gasteiger partial charge on any atom is 0.180 e. The molecule has 27 heavy (non-hydrogen) atoms. The highest BCUT2D eigenvalue weighted by molar-refractivity contribution is 6.09. The van der Waals surface area contributed by atoms with Crippen molar-refractivity contribution in [3.8, 4) is 22.8 Å². The molecule has 0 saturated heterocycles. The maximum absolute atomic E-state index is 4.29. The summed E-state index contributed by atoms with van der Waals surface area (Å²) < 4.78 is 2.39. The van der Waals surface area contributed by atoms with Gasteiger partial charge in [-0.2, -0.15) is 10.2 Å². The first kappa shape index (κ1) is 15.7. The molecule has 3 aromatic heterocycles. The summed E-state index contributed by atoms with van der Waals surface area (Å²) >= 11 is 0. The van der Waals surface area contributed by atoms with Crippen LogP contribution in [0.4, 0.5) is 0 Å². The summed E-state index contributed by atoms with van der Waals surface area (Å²) in [6.45, 7) is 3.18. The molecule has 0 unspecified atom stereocenters. The summed E-state index contributed by atoms with van der Waals surface area (Å²) in [5, 5.41) is 16.5. The number of aromatic amines is 2. The molecule has 0 saturated carbocycles. The number of H-pyrrole nitrogens is 2. The second kappa shape index (κ2) is 6.35. The lowest BCUT2D eigenvalue weighted by Gasteiger charge is -2.07. The zero-order chi connectivity index (χ0) is 18.2. The Balaban J connectivity index is 1.76. The zero-order valence-corrected chi connectivity index (χ0v) is 15.0. The quantitative estimate of drug-likeness (QED) is 0.494. The van der Waals surface area contributed by atoms with Gasteiger partial charge in [0.15, 0.2) is 11.6 Å². The molecule has 0 amide bonds. The minimum absolute atomic E-state index is 0.714. The van der Waals surface area contributed by atoms with Crippen molar-refractivity contribution in [2.24, 2.45) is 0 Å². The van der Waals surface area contributed by atoms with E-state index in [9.17, 15) is 0 Å². The predicted molar refractivity (Wildman–Crippen MR) is 105 cm³/mol. The Bertz CT molecular complexity index is 1110. The van der Waals surface area contributed by atoms with Crippen molar-refractivity contribution in [3.63, 3.8) is 0 Å². The Morgan fingerprint density at radius 2 is 1.37 bits per heavy atom. The SMILES string of the molecule is CCCCn1c2cc(-c3nc[nH]n3)ccc2c2ccc(-c3nc[nH]n3)cc21. The van der Waals surface area contributed by atoms with Crippen LogP contribution in [0.1, 0.15) is 19.8 Å². The van der Waals surface area contributed by atoms with Crippen molar-refractivity contribution in [3.05, 3.63) is 49.1 Å². The lowest BCUT2D eigenvalue weighted by atomic mass is 10.1. The fourth-order valence-corrected chi connectivity index (χ4v) is 3.63. The van der Waals surface area contributed by atoms with Gasteiger partial charge in [-0.25, -0.2) is 9.97 Å². The Labute approximate surface area is 155 Å². The molecule has 2 aromatic carbocycles. The van der Waals surface area contributed by atoms with E-state index in [0.717, 1.165) is 30.5 Å². The van der Waals surface area contributed by atoms with Crippen LogP contribution in [0.5, 0.6) is 0 Å². The summed E-state index contributed by atoms with van der Waals surface area (Å²) in [7, 11) is 0. The Kier molecular flexibility index (Phi) is 3.71. The average molecular weight is 357 g/mol. The molecule has 0 spiro atoms. The normalized spacial score (nSPS) is 11.6. The monoisotopic (exact) mass is 357 g/mol. The van der Waals surface area contributed by atoms with E-state index in [0.29, 0.717) is 11.6 Å². The average Bonchev–Trinajstić information content (AvgIpc) is 3.46. The van der Waals surface area contributed by atoms with E-state index in [4.69, 9.17) is 0 Å². The highest BCUT2D eigenvalue weighted by atomic mass is 15.2. The molecule has 0 fully saturated rings. The van der Waals surface area contributed by atoms with Crippen LogP contribution in [-0.4, -0.2) is 34.9 Å². The molecule has 5 rings (SSSR count). The number of nitrogens with zero attached hydrogens (tertiary/aromatic N) is 5. The standard InChI is InChI=1S/C20H19N7/c1-2-3-8-27-17-9-13(19-21-11-23-25-19)4-6-15(17)16-7-5-14(10-18(16)27)20-22-12-24-26-20/h4-7,9-12H,2-3,8H2,1H3,(H,21,23,25)(H,22,24,26). The molecule has 0 aliphatic carbocycles. The Morgan fingerprint density at radius 1 is 0.815 bits per heavy atom. The number of rotatable bonds is 5. The lowest BCUT2D eigenvalue weighted by Crippen LogP contribution is -1.97. The van der Waals surface area contributed by atoms with Gasteiger partial charge in [0.1, 0.15) is 12.7 Å². The molecule has 0 atom stereocenters. The van der Waals surface area contributed by atoms with Crippen LogP contribution in [0, 0.1) is 0 Å². The van der Waals surface area contributed by atoms with Crippen LogP contribution in [0.2, 0.25) is 0 Å². The van der Waals surface area contributed by atoms with E-state index >= 15 is 0 Å². The van der Waals surface area contributed by atoms with E-state index in [2.05, 4.69) is 78.3 Å². The first-order chi connectivity index (χ1) is 13.3. The van der Waals surface area contributed by atoms with Crippen LogP contribution in [0.3, 0.4) is 0 Å². The molecule has 7 nitrogen and oxygen atoms in total. The van der Waals surface area contributed by atoms with Gasteiger partial charge in [-0.15, -0.1) is 0 Å². The summed E-state index contributed by atoms with van der Waals surface area (Å²) in [6.07, 6.45) is 5.47. The summed E-state index contributed by atoms with van der Waals surface area (Å²) in [6, 6.07) is 12.9. The molecule has 0 aliphatic heterocycles. The lowest BCUT2D eigenvalue weighted by molar-refractivity contribution is 0.665. The van der Waals surface area contributed by atoms with Gasteiger partial charge in [0.2, 0.25) is 0 Å². The van der Waals surface area contributed by atoms with Crippen LogP contribution >= 0.6 is 0 Å². The molecule has 0 aliphatic rings. The molecular formula is C20H19N7. The largest absolute Gasteiger partial charge is 0.340 e. The van der Waals surface area contributed by atoms with Crippen molar-refractivity contribution >= 4 is 21.8 Å². The molecule has 7 heteroatoms. The van der Waals surface area contributed by atoms with Gasteiger partial charge < -0.3 is 4.57 Å². The van der Waals surface area contributed by atoms with Gasteiger partial charge in [-0.1, -0.05) is 37.6 Å². The summed E-state index contributed by atoms with van der Waals surface area (Å²) in [5.41, 5.74) is 4.43. The van der Waals surface area contributed by atoms with E-state index in [1.54, 1.807) is 12.7 Å². The fraction of sp³-hybridized carbons (Fsp3) is 0.200. The van der Waals surface area contributed by atoms with Crippen molar-refractivity contribution < 1.29 is 0 Å². The highest BCUT2D eigenvalue weighted by Crippen LogP contribution is 2.34. The number of hydrogen-bond donors (Lipinski definition) is 2. The number of hydrogen-bond acceptors (Lipinski definition) is 4. The first-order valence-corrected chi connectivity index (χ1v) is 9.13. The number of aromatic nitrogens is 7. The minimum atomic E-state index is 0.714. The van der Waals surface area contributed by atoms with E-state index in [1.807, 2.05) is 0 Å². The zero-order valence-electron chi connectivity index (χ0n) is 15.0. The molecule has 134 valence electrons. The number of fused-ring (bicyclic) bond motifs is 3. The van der Waals surface area contributed by atoms with Crippen LogP contribution in [0.25, 0.3) is 44.6 Å². The first-order valence-electron chi connectivity index (χ1n) is 9.13. The van der Waals surface area contributed by atoms with E-state index in [-0.39, 0.29) is 0 Å². The third-order valence-electron chi connectivity index (χ3n) is 4.95. The van der Waals surface area contributed by atoms with E-state index < -0.39 is 0 Å². The van der Waals surface area contributed by atoms with Crippen molar-refractivity contribution in [2.75, 3.05) is 0 Å². The molecular weight excluding hydrogens is 338 g/mol. The molecule has 0 bridgehead atoms. The van der Waals surface area contributed by atoms with Crippen molar-refractivity contribution in [2.45, 2.75) is 26.3 Å². The second-order valence-corrected chi connectivity index (χ2v) is 6.61. The number of aryl methyl sites for hydroxylation is 1. The minimum Gasteiger partial charge on any atom is -0.340 e. The van der Waals surface area contributed by atoms with Gasteiger partial charge in [0.25, 0.3) is 0 Å². The number of benzene rings is 2. The van der Waals surface area contributed by atoms with Crippen molar-refractivity contribution in [1.82, 2.24) is 34.9 Å².